The van der Waals surface area contributed by atoms with Crippen LogP contribution in [-0.2, 0) is 17.9 Å². The summed E-state index contributed by atoms with van der Waals surface area (Å²) in [4.78, 5) is 17.1. The Balaban J connectivity index is 1.65. The van der Waals surface area contributed by atoms with Crippen molar-refractivity contribution in [1.82, 2.24) is 19.7 Å². The molecule has 0 unspecified atom stereocenters. The number of benzene rings is 1. The fourth-order valence-electron chi connectivity index (χ4n) is 3.47. The molecule has 3 rings (SSSR count). The molecule has 0 aliphatic rings. The summed E-state index contributed by atoms with van der Waals surface area (Å²) in [7, 11) is 0. The predicted molar refractivity (Wildman–Crippen MR) is 143 cm³/mol. The van der Waals surface area contributed by atoms with E-state index in [9.17, 15) is 10.1 Å². The average molecular weight is 577 g/mol. The summed E-state index contributed by atoms with van der Waals surface area (Å²) in [5.41, 5.74) is 0.819. The zero-order chi connectivity index (χ0) is 25.0. The van der Waals surface area contributed by atoms with Gasteiger partial charge in [-0.25, -0.2) is 4.98 Å². The number of carbonyl (C=O) groups is 1. The number of hydrogen-bond donors (Lipinski definition) is 0. The van der Waals surface area contributed by atoms with Crippen LogP contribution in [0.2, 0.25) is 0 Å². The van der Waals surface area contributed by atoms with E-state index in [4.69, 9.17) is 4.74 Å². The molecular weight excluding hydrogens is 546 g/mol. The minimum Gasteiger partial charge on any atom is -0.486 e. The van der Waals surface area contributed by atoms with E-state index >= 15 is 0 Å². The predicted octanol–water partition coefficient (Wildman–Crippen LogP) is 6.71. The lowest BCUT2D eigenvalue weighted by atomic mass is 10.1. The van der Waals surface area contributed by atoms with Crippen molar-refractivity contribution in [3.05, 3.63) is 50.6 Å². The van der Waals surface area contributed by atoms with E-state index in [1.54, 1.807) is 0 Å². The van der Waals surface area contributed by atoms with Crippen LogP contribution in [0.5, 0.6) is 5.75 Å². The van der Waals surface area contributed by atoms with Crippen molar-refractivity contribution < 1.29 is 9.53 Å². The van der Waals surface area contributed by atoms with Crippen LogP contribution in [0, 0.1) is 18.3 Å². The van der Waals surface area contributed by atoms with Gasteiger partial charge in [0.2, 0.25) is 0 Å². The number of nitriles is 1. The van der Waals surface area contributed by atoms with Crippen LogP contribution in [0.4, 0.5) is 0 Å². The van der Waals surface area contributed by atoms with Crippen molar-refractivity contribution >= 4 is 44.8 Å². The SMILES string of the molecule is CCCCCCCCn1c(COc2ccc(Br)cc2)nnc1SCC(=O)[C@H](C#N)c1nc(C)cs1. The minimum absolute atomic E-state index is 0.138. The van der Waals surface area contributed by atoms with Crippen LogP contribution in [-0.4, -0.2) is 31.3 Å². The zero-order valence-electron chi connectivity index (χ0n) is 20.1. The van der Waals surface area contributed by atoms with Gasteiger partial charge in [0.1, 0.15) is 17.4 Å². The zero-order valence-corrected chi connectivity index (χ0v) is 23.3. The normalized spacial score (nSPS) is 11.8. The molecule has 3 aromatic rings. The molecule has 0 radical (unpaired) electrons. The molecule has 0 N–H and O–H groups in total. The van der Waals surface area contributed by atoms with E-state index in [2.05, 4.69) is 44.1 Å². The molecule has 10 heteroatoms. The van der Waals surface area contributed by atoms with Crippen molar-refractivity contribution in [3.63, 3.8) is 0 Å². The summed E-state index contributed by atoms with van der Waals surface area (Å²) < 4.78 is 8.97. The first kappa shape index (κ1) is 27.4. The highest BCUT2D eigenvalue weighted by molar-refractivity contribution is 9.10. The van der Waals surface area contributed by atoms with Gasteiger partial charge >= 0.3 is 0 Å². The number of unbranched alkanes of at least 4 members (excludes halogenated alkanes) is 5. The Labute approximate surface area is 223 Å². The maximum Gasteiger partial charge on any atom is 0.191 e. The number of halogens is 1. The van der Waals surface area contributed by atoms with Crippen LogP contribution in [0.1, 0.15) is 67.9 Å². The minimum atomic E-state index is -0.851. The lowest BCUT2D eigenvalue weighted by Gasteiger charge is -2.11. The number of thiazole rings is 1. The molecule has 1 aromatic carbocycles. The third-order valence-corrected chi connectivity index (χ3v) is 7.93. The fourth-order valence-corrected chi connectivity index (χ4v) is 5.49. The molecule has 0 aliphatic carbocycles. The molecule has 1 atom stereocenters. The van der Waals surface area contributed by atoms with Crippen LogP contribution in [0.15, 0.2) is 39.3 Å². The molecular formula is C25H30BrN5O2S2. The number of carbonyl (C=O) groups excluding carboxylic acids is 1. The second kappa shape index (κ2) is 14.4. The third-order valence-electron chi connectivity index (χ3n) is 5.39. The van der Waals surface area contributed by atoms with Gasteiger partial charge in [-0.2, -0.15) is 5.26 Å². The Bertz CT molecular complexity index is 1120. The molecule has 7 nitrogen and oxygen atoms in total. The van der Waals surface area contributed by atoms with Gasteiger partial charge < -0.3 is 9.30 Å². The molecule has 2 aromatic heterocycles. The molecule has 0 bridgehead atoms. The number of rotatable bonds is 15. The third kappa shape index (κ3) is 8.44. The van der Waals surface area contributed by atoms with E-state index in [0.717, 1.165) is 41.1 Å². The van der Waals surface area contributed by atoms with E-state index in [-0.39, 0.29) is 18.1 Å². The smallest absolute Gasteiger partial charge is 0.191 e. The maximum absolute atomic E-state index is 12.8. The summed E-state index contributed by atoms with van der Waals surface area (Å²) in [6.45, 7) is 5.13. The number of nitrogens with zero attached hydrogens (tertiary/aromatic N) is 5. The van der Waals surface area contributed by atoms with Gasteiger partial charge in [0.15, 0.2) is 22.7 Å². The van der Waals surface area contributed by atoms with Gasteiger partial charge in [-0.3, -0.25) is 4.79 Å². The van der Waals surface area contributed by atoms with E-state index in [1.807, 2.05) is 41.1 Å². The summed E-state index contributed by atoms with van der Waals surface area (Å²) in [5.74, 6) is 0.593. The Morgan fingerprint density at radius 2 is 1.94 bits per heavy atom. The van der Waals surface area contributed by atoms with Crippen molar-refractivity contribution in [2.24, 2.45) is 0 Å². The van der Waals surface area contributed by atoms with E-state index in [0.29, 0.717) is 10.2 Å². The van der Waals surface area contributed by atoms with Gasteiger partial charge in [-0.15, -0.1) is 21.5 Å². The highest BCUT2D eigenvalue weighted by Gasteiger charge is 2.24. The Hall–Kier alpha value is -2.22. The van der Waals surface area contributed by atoms with Gasteiger partial charge in [0.25, 0.3) is 0 Å². The molecule has 0 amide bonds. The first-order valence-electron chi connectivity index (χ1n) is 11.8. The van der Waals surface area contributed by atoms with Gasteiger partial charge in [0, 0.05) is 22.1 Å². The van der Waals surface area contributed by atoms with Gasteiger partial charge in [-0.05, 0) is 37.6 Å². The second-order valence-corrected chi connectivity index (χ2v) is 11.0. The van der Waals surface area contributed by atoms with Crippen molar-refractivity contribution in [2.45, 2.75) is 76.6 Å². The molecule has 0 spiro atoms. The lowest BCUT2D eigenvalue weighted by molar-refractivity contribution is -0.116. The number of thioether (sulfide) groups is 1. The van der Waals surface area contributed by atoms with Gasteiger partial charge in [0.05, 0.1) is 11.8 Å². The van der Waals surface area contributed by atoms with E-state index in [1.165, 1.54) is 48.8 Å². The van der Waals surface area contributed by atoms with Crippen LogP contribution in [0.25, 0.3) is 0 Å². The van der Waals surface area contributed by atoms with Crippen LogP contribution >= 0.6 is 39.0 Å². The Morgan fingerprint density at radius 3 is 2.63 bits per heavy atom. The fraction of sp³-hybridized carbons (Fsp3) is 0.480. The van der Waals surface area contributed by atoms with Crippen LogP contribution < -0.4 is 4.74 Å². The summed E-state index contributed by atoms with van der Waals surface area (Å²) in [6, 6.07) is 9.76. The standard InChI is InChI=1S/C25H30BrN5O2S2/c1-3-4-5-6-7-8-13-31-23(15-33-20-11-9-19(26)10-12-20)29-30-25(31)35-17-22(32)21(14-27)24-28-18(2)16-34-24/h9-12,16,21H,3-8,13,15,17H2,1-2H3/t21-/m0/s1. The summed E-state index contributed by atoms with van der Waals surface area (Å²) >= 11 is 6.10. The summed E-state index contributed by atoms with van der Waals surface area (Å²) in [6.07, 6.45) is 7.09. The van der Waals surface area contributed by atoms with Gasteiger partial charge in [-0.1, -0.05) is 66.7 Å². The average Bonchev–Trinajstić information content (AvgIpc) is 3.45. The van der Waals surface area contributed by atoms with Crippen LogP contribution in [0.3, 0.4) is 0 Å². The maximum atomic E-state index is 12.8. The lowest BCUT2D eigenvalue weighted by Crippen LogP contribution is -2.14. The molecule has 0 aliphatic heterocycles. The highest BCUT2D eigenvalue weighted by Crippen LogP contribution is 2.26. The highest BCUT2D eigenvalue weighted by atomic mass is 79.9. The first-order valence-corrected chi connectivity index (χ1v) is 14.4. The molecule has 186 valence electrons. The number of ether oxygens (including phenoxy) is 1. The quantitative estimate of drug-likeness (QED) is 0.147. The van der Waals surface area contributed by atoms with E-state index < -0.39 is 5.92 Å². The molecule has 2 heterocycles. The Kier molecular flexibility index (Phi) is 11.2. The number of Topliss-reactive ketones (excluding diaryl/α,β-unsaturated/α-hetero) is 1. The van der Waals surface area contributed by atoms with Crippen molar-refractivity contribution in [1.29, 1.82) is 5.26 Å². The number of hydrogen-bond acceptors (Lipinski definition) is 8. The topological polar surface area (TPSA) is 93.7 Å². The Morgan fingerprint density at radius 1 is 1.20 bits per heavy atom. The van der Waals surface area contributed by atoms with Crippen molar-refractivity contribution in [3.8, 4) is 11.8 Å². The second-order valence-electron chi connectivity index (χ2n) is 8.21. The first-order chi connectivity index (χ1) is 17.0. The molecule has 35 heavy (non-hydrogen) atoms. The van der Waals surface area contributed by atoms with Crippen molar-refractivity contribution in [2.75, 3.05) is 5.75 Å². The molecule has 0 saturated heterocycles. The number of ketones is 1. The largest absolute Gasteiger partial charge is 0.486 e. The number of aryl methyl sites for hydroxylation is 1. The molecule has 0 saturated carbocycles. The molecule has 0 fully saturated rings. The monoisotopic (exact) mass is 575 g/mol. The number of aromatic nitrogens is 4. The summed E-state index contributed by atoms with van der Waals surface area (Å²) in [5, 5.41) is 21.3.